The number of hydrogen-bond acceptors (Lipinski definition) is 6. The Labute approximate surface area is 194 Å². The molecule has 1 unspecified atom stereocenters. The second kappa shape index (κ2) is 10.3. The zero-order valence-electron chi connectivity index (χ0n) is 19.5. The third kappa shape index (κ3) is 5.02. The van der Waals surface area contributed by atoms with Crippen LogP contribution in [-0.4, -0.2) is 79.9 Å². The molecule has 1 amide bonds. The Bertz CT molecular complexity index is 1020. The first-order valence-corrected chi connectivity index (χ1v) is 11.3. The molecule has 1 saturated heterocycles. The summed E-state index contributed by atoms with van der Waals surface area (Å²) in [5.74, 6) is 0.840. The highest BCUT2D eigenvalue weighted by atomic mass is 19.1. The first-order chi connectivity index (χ1) is 16.0. The molecule has 2 aliphatic rings. The Morgan fingerprint density at radius 1 is 1.06 bits per heavy atom. The molecule has 0 aromatic heterocycles. The molecule has 2 aromatic rings. The first-order valence-electron chi connectivity index (χ1n) is 11.3. The van der Waals surface area contributed by atoms with Gasteiger partial charge in [0.15, 0.2) is 0 Å². The number of ether oxygens (including phenoxy) is 2. The fraction of sp³-hybridized carbons (Fsp3) is 0.440. The number of halogens is 1. The number of carbonyl (C=O) groups excluding carboxylic acids is 1. The number of amides is 1. The van der Waals surface area contributed by atoms with Crippen LogP contribution in [0.25, 0.3) is 0 Å². The highest BCUT2D eigenvalue weighted by Crippen LogP contribution is 2.39. The fourth-order valence-corrected chi connectivity index (χ4v) is 4.47. The Morgan fingerprint density at radius 3 is 2.45 bits per heavy atom. The van der Waals surface area contributed by atoms with Crippen molar-refractivity contribution in [2.45, 2.75) is 19.4 Å². The minimum absolute atomic E-state index is 0.110. The molecule has 2 heterocycles. The maximum atomic E-state index is 14.6. The number of nitrogens with zero attached hydrogens (tertiary/aromatic N) is 4. The highest BCUT2D eigenvalue weighted by molar-refractivity contribution is 6.03. The van der Waals surface area contributed by atoms with Crippen molar-refractivity contribution in [1.82, 2.24) is 14.8 Å². The van der Waals surface area contributed by atoms with E-state index in [1.165, 1.54) is 11.1 Å². The van der Waals surface area contributed by atoms with Gasteiger partial charge in [0.1, 0.15) is 17.3 Å². The van der Waals surface area contributed by atoms with Gasteiger partial charge in [0, 0.05) is 43.7 Å². The fourth-order valence-electron chi connectivity index (χ4n) is 4.47. The van der Waals surface area contributed by atoms with Crippen LogP contribution in [-0.2, 0) is 4.79 Å². The summed E-state index contributed by atoms with van der Waals surface area (Å²) in [5.41, 5.74) is 1.75. The van der Waals surface area contributed by atoms with Crippen LogP contribution < -0.4 is 9.47 Å². The van der Waals surface area contributed by atoms with Crippen molar-refractivity contribution < 1.29 is 18.7 Å². The topological polar surface area (TPSA) is 57.6 Å². The molecule has 33 heavy (non-hydrogen) atoms. The average molecular weight is 455 g/mol. The van der Waals surface area contributed by atoms with Crippen molar-refractivity contribution in [3.8, 4) is 11.5 Å². The van der Waals surface area contributed by atoms with Crippen LogP contribution >= 0.6 is 0 Å². The van der Waals surface area contributed by atoms with E-state index in [0.29, 0.717) is 29.2 Å². The van der Waals surface area contributed by atoms with Gasteiger partial charge in [-0.3, -0.25) is 9.69 Å². The molecule has 0 radical (unpaired) electrons. The van der Waals surface area contributed by atoms with E-state index in [0.717, 1.165) is 38.3 Å². The summed E-state index contributed by atoms with van der Waals surface area (Å²) < 4.78 is 25.6. The van der Waals surface area contributed by atoms with Crippen LogP contribution in [0, 0.1) is 5.82 Å². The minimum atomic E-state index is -0.408. The lowest BCUT2D eigenvalue weighted by Crippen LogP contribution is -2.49. The number of piperazine rings is 1. The maximum Gasteiger partial charge on any atom is 0.257 e. The van der Waals surface area contributed by atoms with Gasteiger partial charge >= 0.3 is 0 Å². The predicted octanol–water partition coefficient (Wildman–Crippen LogP) is 3.16. The van der Waals surface area contributed by atoms with E-state index in [1.807, 2.05) is 18.2 Å². The molecule has 1 atom stereocenters. The normalized spacial score (nSPS) is 19.5. The molecule has 0 aliphatic carbocycles. The number of rotatable bonds is 7. The molecule has 176 valence electrons. The Balaban J connectivity index is 1.64. The van der Waals surface area contributed by atoms with E-state index >= 15 is 0 Å². The number of methoxy groups -OCH3 is 2. The van der Waals surface area contributed by atoms with E-state index in [-0.39, 0.29) is 18.3 Å². The number of carbonyl (C=O) groups is 1. The lowest BCUT2D eigenvalue weighted by molar-refractivity contribution is -0.134. The van der Waals surface area contributed by atoms with Crippen LogP contribution in [0.3, 0.4) is 0 Å². The van der Waals surface area contributed by atoms with Crippen LogP contribution in [0.2, 0.25) is 0 Å². The number of benzene rings is 2. The number of hydrogen-bond donors (Lipinski definition) is 0. The van der Waals surface area contributed by atoms with E-state index in [2.05, 4.69) is 21.8 Å². The highest BCUT2D eigenvalue weighted by Gasteiger charge is 2.36. The summed E-state index contributed by atoms with van der Waals surface area (Å²) in [6.45, 7) is 7.00. The van der Waals surface area contributed by atoms with E-state index in [4.69, 9.17) is 9.47 Å². The zero-order chi connectivity index (χ0) is 23.4. The van der Waals surface area contributed by atoms with Crippen LogP contribution in [0.5, 0.6) is 11.5 Å². The summed E-state index contributed by atoms with van der Waals surface area (Å²) in [5, 5.41) is 6.14. The van der Waals surface area contributed by atoms with Gasteiger partial charge in [0.25, 0.3) is 5.91 Å². The molecule has 0 N–H and O–H groups in total. The summed E-state index contributed by atoms with van der Waals surface area (Å²) in [6, 6.07) is 11.6. The molecule has 0 spiro atoms. The van der Waals surface area contributed by atoms with Crippen LogP contribution in [0.4, 0.5) is 4.39 Å². The Kier molecular flexibility index (Phi) is 7.25. The first kappa shape index (κ1) is 23.2. The van der Waals surface area contributed by atoms with Crippen molar-refractivity contribution in [3.63, 3.8) is 0 Å². The molecular weight excluding hydrogens is 423 g/mol. The Morgan fingerprint density at radius 2 is 1.79 bits per heavy atom. The quantitative estimate of drug-likeness (QED) is 0.643. The molecular formula is C25H31FN4O3. The van der Waals surface area contributed by atoms with Crippen molar-refractivity contribution in [2.75, 3.05) is 53.5 Å². The molecule has 0 saturated carbocycles. The lowest BCUT2D eigenvalue weighted by atomic mass is 9.97. The lowest BCUT2D eigenvalue weighted by Gasteiger charge is -2.34. The summed E-state index contributed by atoms with van der Waals surface area (Å²) in [7, 11) is 3.19. The smallest absolute Gasteiger partial charge is 0.257 e. The van der Waals surface area contributed by atoms with Gasteiger partial charge in [-0.1, -0.05) is 25.1 Å². The van der Waals surface area contributed by atoms with Gasteiger partial charge in [0.05, 0.1) is 32.5 Å². The van der Waals surface area contributed by atoms with Crippen molar-refractivity contribution in [1.29, 1.82) is 0 Å². The Hall–Kier alpha value is -2.97. The maximum absolute atomic E-state index is 14.6. The molecule has 8 heteroatoms. The number of hydrazone groups is 1. The van der Waals surface area contributed by atoms with Gasteiger partial charge in [-0.05, 0) is 30.8 Å². The van der Waals surface area contributed by atoms with E-state index in [9.17, 15) is 9.18 Å². The van der Waals surface area contributed by atoms with Crippen LogP contribution in [0.15, 0.2) is 47.6 Å². The molecule has 7 nitrogen and oxygen atoms in total. The van der Waals surface area contributed by atoms with Crippen LogP contribution in [0.1, 0.15) is 30.5 Å². The summed E-state index contributed by atoms with van der Waals surface area (Å²) in [6.07, 6.45) is 0.389. The average Bonchev–Trinajstić information content (AvgIpc) is 3.29. The van der Waals surface area contributed by atoms with Gasteiger partial charge < -0.3 is 14.4 Å². The van der Waals surface area contributed by atoms with Crippen molar-refractivity contribution in [2.24, 2.45) is 5.10 Å². The monoisotopic (exact) mass is 454 g/mol. The van der Waals surface area contributed by atoms with Gasteiger partial charge in [0.2, 0.25) is 0 Å². The summed E-state index contributed by atoms with van der Waals surface area (Å²) in [4.78, 5) is 18.0. The SMILES string of the molecule is CCN1CCN(CC(=O)N2N=C(c3ccccc3F)CC2c2cc(OC)ccc2OC)CC1. The second-order valence-corrected chi connectivity index (χ2v) is 8.30. The van der Waals surface area contributed by atoms with Gasteiger partial charge in [-0.25, -0.2) is 9.40 Å². The predicted molar refractivity (Wildman–Crippen MR) is 125 cm³/mol. The van der Waals surface area contributed by atoms with Crippen molar-refractivity contribution >= 4 is 11.6 Å². The molecule has 2 aromatic carbocycles. The van der Waals surface area contributed by atoms with Gasteiger partial charge in [-0.2, -0.15) is 5.10 Å². The van der Waals surface area contributed by atoms with E-state index in [1.54, 1.807) is 32.4 Å². The molecule has 0 bridgehead atoms. The molecule has 1 fully saturated rings. The van der Waals surface area contributed by atoms with E-state index < -0.39 is 6.04 Å². The third-order valence-electron chi connectivity index (χ3n) is 6.42. The molecule has 4 rings (SSSR count). The van der Waals surface area contributed by atoms with Crippen molar-refractivity contribution in [3.05, 3.63) is 59.4 Å². The third-order valence-corrected chi connectivity index (χ3v) is 6.42. The minimum Gasteiger partial charge on any atom is -0.497 e. The second-order valence-electron chi connectivity index (χ2n) is 8.30. The zero-order valence-corrected chi connectivity index (χ0v) is 19.5. The largest absolute Gasteiger partial charge is 0.497 e. The standard InChI is InChI=1S/C25H31FN4O3/c1-4-28-11-13-29(14-12-28)17-25(31)30-23(20-15-18(32-2)9-10-24(20)33-3)16-22(27-30)19-7-5-6-8-21(19)26/h5-10,15,23H,4,11-14,16-17H2,1-3H3. The van der Waals surface area contributed by atoms with Gasteiger partial charge in [-0.15, -0.1) is 0 Å². The number of likely N-dealkylation sites (N-methyl/N-ethyl adjacent to an activating group) is 1. The molecule has 2 aliphatic heterocycles. The summed E-state index contributed by atoms with van der Waals surface area (Å²) >= 11 is 0.